The fourth-order valence-corrected chi connectivity index (χ4v) is 3.40. The van der Waals surface area contributed by atoms with Crippen molar-refractivity contribution in [2.45, 2.75) is 6.92 Å². The minimum absolute atomic E-state index is 0.306. The van der Waals surface area contributed by atoms with Gasteiger partial charge in [-0.1, -0.05) is 64.9 Å². The van der Waals surface area contributed by atoms with Gasteiger partial charge < -0.3 is 10.1 Å². The highest BCUT2D eigenvalue weighted by atomic mass is 35.5. The second-order valence-corrected chi connectivity index (χ2v) is 6.85. The summed E-state index contributed by atoms with van der Waals surface area (Å²) in [5.41, 5.74) is 2.17. The summed E-state index contributed by atoms with van der Waals surface area (Å²) in [7, 11) is 0. The molecule has 0 atom stereocenters. The zero-order valence-electron chi connectivity index (χ0n) is 13.3. The molecule has 2 aromatic carbocycles. The van der Waals surface area contributed by atoms with E-state index in [1.54, 1.807) is 25.1 Å². The molecule has 1 aromatic heterocycles. The van der Waals surface area contributed by atoms with E-state index in [4.69, 9.17) is 27.9 Å². The van der Waals surface area contributed by atoms with Gasteiger partial charge in [-0.15, -0.1) is 0 Å². The summed E-state index contributed by atoms with van der Waals surface area (Å²) < 4.78 is 5.15. The van der Waals surface area contributed by atoms with Crippen LogP contribution in [0.25, 0.3) is 11.3 Å². The maximum absolute atomic E-state index is 12.3. The largest absolute Gasteiger partial charge is 0.462 e. The molecule has 3 aromatic rings. The van der Waals surface area contributed by atoms with Gasteiger partial charge in [0, 0.05) is 11.3 Å². The molecule has 3 rings (SSSR count). The fourth-order valence-electron chi connectivity index (χ4n) is 2.20. The number of carbonyl (C=O) groups is 1. The van der Waals surface area contributed by atoms with Crippen molar-refractivity contribution in [3.05, 3.63) is 63.5 Å². The van der Waals surface area contributed by atoms with Crippen molar-refractivity contribution in [1.82, 2.24) is 4.98 Å². The van der Waals surface area contributed by atoms with Crippen LogP contribution in [0.2, 0.25) is 10.0 Å². The normalized spacial score (nSPS) is 10.5. The van der Waals surface area contributed by atoms with E-state index in [0.717, 1.165) is 11.3 Å². The van der Waals surface area contributed by atoms with Crippen LogP contribution in [0.3, 0.4) is 0 Å². The summed E-state index contributed by atoms with van der Waals surface area (Å²) >= 11 is 13.2. The highest BCUT2D eigenvalue weighted by molar-refractivity contribution is 7.18. The highest BCUT2D eigenvalue weighted by Crippen LogP contribution is 2.34. The highest BCUT2D eigenvalue weighted by Gasteiger charge is 2.20. The first-order valence-corrected chi connectivity index (χ1v) is 9.11. The third kappa shape index (κ3) is 4.12. The topological polar surface area (TPSA) is 51.2 Å². The number of hydrogen-bond acceptors (Lipinski definition) is 5. The molecule has 0 amide bonds. The molecule has 1 N–H and O–H groups in total. The second-order valence-electron chi connectivity index (χ2n) is 5.04. The van der Waals surface area contributed by atoms with Gasteiger partial charge in [-0.2, -0.15) is 0 Å². The lowest BCUT2D eigenvalue weighted by molar-refractivity contribution is 0.0532. The average molecular weight is 393 g/mol. The van der Waals surface area contributed by atoms with Crippen molar-refractivity contribution in [1.29, 1.82) is 0 Å². The molecule has 1 heterocycles. The second kappa shape index (κ2) is 7.87. The molecule has 0 saturated heterocycles. The first-order valence-electron chi connectivity index (χ1n) is 7.54. The molecule has 128 valence electrons. The Morgan fingerprint density at radius 1 is 1.16 bits per heavy atom. The van der Waals surface area contributed by atoms with Crippen LogP contribution >= 0.6 is 34.5 Å². The van der Waals surface area contributed by atoms with Gasteiger partial charge in [-0.25, -0.2) is 9.78 Å². The molecule has 25 heavy (non-hydrogen) atoms. The zero-order chi connectivity index (χ0) is 17.8. The number of rotatable bonds is 5. The van der Waals surface area contributed by atoms with Crippen molar-refractivity contribution in [2.75, 3.05) is 11.9 Å². The number of halogens is 2. The van der Waals surface area contributed by atoms with E-state index >= 15 is 0 Å². The molecule has 4 nitrogen and oxygen atoms in total. The number of nitrogens with one attached hydrogen (secondary N) is 1. The third-order valence-corrected chi connectivity index (χ3v) is 5.00. The van der Waals surface area contributed by atoms with Crippen LogP contribution in [0.4, 0.5) is 10.8 Å². The molecule has 0 fully saturated rings. The van der Waals surface area contributed by atoms with Crippen molar-refractivity contribution in [3.63, 3.8) is 0 Å². The Labute approximate surface area is 159 Å². The Hall–Kier alpha value is -2.08. The van der Waals surface area contributed by atoms with E-state index in [-0.39, 0.29) is 5.97 Å². The molecular formula is C18H14Cl2N2O2S. The van der Waals surface area contributed by atoms with Gasteiger partial charge >= 0.3 is 5.97 Å². The maximum atomic E-state index is 12.3. The first-order chi connectivity index (χ1) is 12.1. The number of benzene rings is 2. The van der Waals surface area contributed by atoms with Crippen molar-refractivity contribution >= 4 is 51.3 Å². The molecule has 0 aliphatic heterocycles. The van der Waals surface area contributed by atoms with Crippen LogP contribution in [0.15, 0.2) is 48.5 Å². The summed E-state index contributed by atoms with van der Waals surface area (Å²) in [6, 6.07) is 14.7. The summed E-state index contributed by atoms with van der Waals surface area (Å²) in [5, 5.41) is 4.64. The summed E-state index contributed by atoms with van der Waals surface area (Å²) in [5.74, 6) is -0.388. The van der Waals surface area contributed by atoms with Gasteiger partial charge in [-0.3, -0.25) is 0 Å². The van der Waals surface area contributed by atoms with Crippen molar-refractivity contribution in [3.8, 4) is 11.3 Å². The molecule has 0 spiro atoms. The predicted octanol–water partition coefficient (Wildman–Crippen LogP) is 6.04. The summed E-state index contributed by atoms with van der Waals surface area (Å²) in [6.07, 6.45) is 0. The lowest BCUT2D eigenvalue weighted by Crippen LogP contribution is -2.03. The molecule has 0 saturated carbocycles. The maximum Gasteiger partial charge on any atom is 0.350 e. The Bertz CT molecular complexity index is 897. The van der Waals surface area contributed by atoms with Gasteiger partial charge in [0.05, 0.1) is 22.3 Å². The number of aromatic nitrogens is 1. The van der Waals surface area contributed by atoms with E-state index in [1.165, 1.54) is 11.3 Å². The third-order valence-electron chi connectivity index (χ3n) is 3.31. The number of nitrogens with zero attached hydrogens (tertiary/aromatic N) is 1. The number of hydrogen-bond donors (Lipinski definition) is 1. The zero-order valence-corrected chi connectivity index (χ0v) is 15.6. The molecular weight excluding hydrogens is 379 g/mol. The monoisotopic (exact) mass is 392 g/mol. The molecule has 0 aliphatic carbocycles. The van der Waals surface area contributed by atoms with Gasteiger partial charge in [0.25, 0.3) is 0 Å². The van der Waals surface area contributed by atoms with Crippen LogP contribution in [0.1, 0.15) is 16.6 Å². The molecule has 0 unspecified atom stereocenters. The smallest absolute Gasteiger partial charge is 0.350 e. The molecule has 7 heteroatoms. The minimum Gasteiger partial charge on any atom is -0.462 e. The van der Waals surface area contributed by atoms with E-state index in [9.17, 15) is 4.79 Å². The fraction of sp³-hybridized carbons (Fsp3) is 0.111. The van der Waals surface area contributed by atoms with E-state index in [2.05, 4.69) is 10.3 Å². The summed E-state index contributed by atoms with van der Waals surface area (Å²) in [4.78, 5) is 17.3. The van der Waals surface area contributed by atoms with Crippen LogP contribution in [-0.2, 0) is 4.74 Å². The lowest BCUT2D eigenvalue weighted by Gasteiger charge is -2.03. The Kier molecular flexibility index (Phi) is 5.58. The molecule has 0 bridgehead atoms. The van der Waals surface area contributed by atoms with E-state index in [0.29, 0.717) is 32.4 Å². The van der Waals surface area contributed by atoms with E-state index in [1.807, 2.05) is 30.3 Å². The van der Waals surface area contributed by atoms with Crippen molar-refractivity contribution < 1.29 is 9.53 Å². The van der Waals surface area contributed by atoms with E-state index < -0.39 is 0 Å². The van der Waals surface area contributed by atoms with Crippen LogP contribution in [0.5, 0.6) is 0 Å². The predicted molar refractivity (Wildman–Crippen MR) is 103 cm³/mol. The van der Waals surface area contributed by atoms with Gasteiger partial charge in [0.15, 0.2) is 5.13 Å². The Balaban J connectivity index is 1.97. The summed E-state index contributed by atoms with van der Waals surface area (Å²) in [6.45, 7) is 2.08. The molecule has 0 radical (unpaired) electrons. The first kappa shape index (κ1) is 17.7. The number of thiazole rings is 1. The van der Waals surface area contributed by atoms with Crippen molar-refractivity contribution in [2.24, 2.45) is 0 Å². The van der Waals surface area contributed by atoms with Gasteiger partial charge in [0.2, 0.25) is 0 Å². The SMILES string of the molecule is CCOC(=O)c1sc(Nc2ccc(Cl)c(Cl)c2)nc1-c1ccccc1. The van der Waals surface area contributed by atoms with Crippen LogP contribution in [0, 0.1) is 0 Å². The number of carbonyl (C=O) groups excluding carboxylic acids is 1. The van der Waals surface area contributed by atoms with Crippen LogP contribution < -0.4 is 5.32 Å². The van der Waals surface area contributed by atoms with Gasteiger partial charge in [0.1, 0.15) is 4.88 Å². The molecule has 0 aliphatic rings. The number of ether oxygens (including phenoxy) is 1. The standard InChI is InChI=1S/C18H14Cl2N2O2S/c1-2-24-17(23)16-15(11-6-4-3-5-7-11)22-18(25-16)21-12-8-9-13(19)14(20)10-12/h3-10H,2H2,1H3,(H,21,22). The minimum atomic E-state index is -0.388. The Morgan fingerprint density at radius 2 is 1.92 bits per heavy atom. The number of esters is 1. The lowest BCUT2D eigenvalue weighted by atomic mass is 10.1. The average Bonchev–Trinajstić information content (AvgIpc) is 3.03. The number of anilines is 2. The van der Waals surface area contributed by atoms with Crippen LogP contribution in [-0.4, -0.2) is 17.6 Å². The van der Waals surface area contributed by atoms with Gasteiger partial charge in [-0.05, 0) is 25.1 Å². The quantitative estimate of drug-likeness (QED) is 0.537. The Morgan fingerprint density at radius 3 is 2.60 bits per heavy atom.